The number of carbonyl (C=O) groups is 2. The van der Waals surface area contributed by atoms with Crippen LogP contribution in [0.15, 0.2) is 97.3 Å². The van der Waals surface area contributed by atoms with E-state index in [-0.39, 0.29) is 64.3 Å². The number of hydrogen-bond donors (Lipinski definition) is 3. The molecule has 24 heteroatoms. The first-order valence-electron chi connectivity index (χ1n) is 16.5. The second kappa shape index (κ2) is 19.5. The van der Waals surface area contributed by atoms with Gasteiger partial charge < -0.3 is 25.8 Å². The van der Waals surface area contributed by atoms with Crippen molar-refractivity contribution in [2.45, 2.75) is 12.4 Å². The lowest BCUT2D eigenvalue weighted by Crippen LogP contribution is -2.14. The molecule has 2 amide bonds. The van der Waals surface area contributed by atoms with E-state index in [1.165, 1.54) is 54.6 Å². The average Bonchev–Trinajstić information content (AvgIpc) is 3.19. The van der Waals surface area contributed by atoms with Gasteiger partial charge >= 0.3 is 12.4 Å². The number of nitrogens with zero attached hydrogens (tertiary/aromatic N) is 3. The standard InChI is InChI=1S/C19H9Cl3F3N3O4.C19H11Cl3F3N3O2/c20-12-6-9(7-13(21)16(12)22)27-18(29)11-8-10(3-4-14(11)28(30)31)32-15-2-1-5-26-17(15)19(23,24)25;20-12-6-9(7-13(21)16(12)22)28-18(29)11-8-10(3-4-14(11)26)30-15-2-1-5-27-17(15)19(23,24)25/h1-8H,(H,27,29);1-8H,26H2,(H,28,29). The van der Waals surface area contributed by atoms with Crippen molar-refractivity contribution in [2.24, 2.45) is 0 Å². The van der Waals surface area contributed by atoms with Crippen LogP contribution in [0.25, 0.3) is 0 Å². The molecule has 62 heavy (non-hydrogen) atoms. The van der Waals surface area contributed by atoms with E-state index in [0.29, 0.717) is 0 Å². The summed E-state index contributed by atoms with van der Waals surface area (Å²) < 4.78 is 89.2. The normalized spacial score (nSPS) is 11.2. The number of alkyl halides is 6. The topological polar surface area (TPSA) is 172 Å². The Hall–Kier alpha value is -5.76. The Morgan fingerprint density at radius 1 is 0.613 bits per heavy atom. The van der Waals surface area contributed by atoms with Gasteiger partial charge in [0.2, 0.25) is 0 Å². The van der Waals surface area contributed by atoms with Crippen LogP contribution >= 0.6 is 69.6 Å². The maximum Gasteiger partial charge on any atom is 0.437 e. The number of nitrogens with two attached hydrogens (primary N) is 1. The van der Waals surface area contributed by atoms with Gasteiger partial charge in [0.05, 0.1) is 40.6 Å². The molecule has 0 radical (unpaired) electrons. The van der Waals surface area contributed by atoms with Gasteiger partial charge in [0.1, 0.15) is 17.1 Å². The first-order chi connectivity index (χ1) is 29.0. The fraction of sp³-hybridized carbons (Fsp3) is 0.0526. The van der Waals surface area contributed by atoms with Crippen LogP contribution in [0.2, 0.25) is 30.1 Å². The molecule has 6 rings (SSSR count). The highest BCUT2D eigenvalue weighted by Crippen LogP contribution is 2.40. The van der Waals surface area contributed by atoms with Crippen molar-refractivity contribution in [2.75, 3.05) is 16.4 Å². The molecule has 12 nitrogen and oxygen atoms in total. The van der Waals surface area contributed by atoms with Gasteiger partial charge in [0.25, 0.3) is 17.5 Å². The second-order valence-corrected chi connectivity index (χ2v) is 14.4. The third kappa shape index (κ3) is 11.8. The number of rotatable bonds is 9. The van der Waals surface area contributed by atoms with Crippen LogP contribution in [-0.4, -0.2) is 26.7 Å². The molecule has 0 bridgehead atoms. The highest BCUT2D eigenvalue weighted by atomic mass is 35.5. The Morgan fingerprint density at radius 3 is 1.40 bits per heavy atom. The zero-order valence-electron chi connectivity index (χ0n) is 30.1. The van der Waals surface area contributed by atoms with E-state index >= 15 is 0 Å². The van der Waals surface area contributed by atoms with Crippen molar-refractivity contribution in [1.82, 2.24) is 9.97 Å². The molecular weight excluding hydrogens is 963 g/mol. The Balaban J connectivity index is 0.000000235. The second-order valence-electron chi connectivity index (χ2n) is 12.0. The molecule has 4 aromatic carbocycles. The zero-order valence-corrected chi connectivity index (χ0v) is 34.7. The number of halogens is 12. The van der Waals surface area contributed by atoms with Crippen LogP contribution in [0.1, 0.15) is 32.1 Å². The van der Waals surface area contributed by atoms with Gasteiger partial charge in [-0.3, -0.25) is 19.7 Å². The molecule has 322 valence electrons. The van der Waals surface area contributed by atoms with Crippen molar-refractivity contribution >= 4 is 104 Å². The monoisotopic (exact) mass is 980 g/mol. The molecule has 0 atom stereocenters. The summed E-state index contributed by atoms with van der Waals surface area (Å²) in [7, 11) is 0. The Bertz CT molecular complexity index is 2660. The minimum atomic E-state index is -4.80. The van der Waals surface area contributed by atoms with Crippen LogP contribution in [0.4, 0.5) is 49.1 Å². The van der Waals surface area contributed by atoms with Crippen LogP contribution < -0.4 is 25.8 Å². The molecule has 6 aromatic rings. The van der Waals surface area contributed by atoms with E-state index in [9.17, 15) is 46.0 Å². The molecule has 0 aliphatic heterocycles. The van der Waals surface area contributed by atoms with E-state index in [4.69, 9.17) is 84.8 Å². The molecule has 0 fully saturated rings. The van der Waals surface area contributed by atoms with Gasteiger partial charge in [0.15, 0.2) is 22.9 Å². The largest absolute Gasteiger partial charge is 0.455 e. The number of nitro groups is 1. The van der Waals surface area contributed by atoms with Gasteiger partial charge in [-0.05, 0) is 72.8 Å². The Labute approximate surface area is 374 Å². The summed E-state index contributed by atoms with van der Waals surface area (Å²) in [6, 6.07) is 16.7. The number of nitro benzene ring substituents is 1. The van der Waals surface area contributed by atoms with Crippen LogP contribution in [-0.2, 0) is 12.4 Å². The minimum absolute atomic E-state index is 0.0253. The summed E-state index contributed by atoms with van der Waals surface area (Å²) in [4.78, 5) is 42.4. The van der Waals surface area contributed by atoms with Crippen molar-refractivity contribution in [3.8, 4) is 23.0 Å². The molecule has 0 aliphatic rings. The van der Waals surface area contributed by atoms with Gasteiger partial charge in [0, 0.05) is 41.6 Å². The number of anilines is 3. The molecule has 0 saturated carbocycles. The molecule has 2 heterocycles. The average molecular weight is 983 g/mol. The summed E-state index contributed by atoms with van der Waals surface area (Å²) in [6.07, 6.45) is -7.57. The van der Waals surface area contributed by atoms with Gasteiger partial charge in [-0.2, -0.15) is 26.3 Å². The number of nitrogen functional groups attached to an aromatic ring is 1. The first kappa shape index (κ1) is 47.3. The number of ether oxygens (including phenoxy) is 2. The molecule has 4 N–H and O–H groups in total. The number of nitrogens with one attached hydrogen (secondary N) is 2. The van der Waals surface area contributed by atoms with E-state index in [1.54, 1.807) is 0 Å². The maximum atomic E-state index is 13.1. The van der Waals surface area contributed by atoms with Crippen molar-refractivity contribution < 1.29 is 50.3 Å². The predicted octanol–water partition coefficient (Wildman–Crippen LogP) is 13.7. The number of benzene rings is 4. The summed E-state index contributed by atoms with van der Waals surface area (Å²) in [5.41, 5.74) is 2.63. The zero-order chi connectivity index (χ0) is 45.7. The summed E-state index contributed by atoms with van der Waals surface area (Å²) in [5, 5.41) is 16.7. The summed E-state index contributed by atoms with van der Waals surface area (Å²) in [5.74, 6) is -3.08. The molecule has 0 aliphatic carbocycles. The van der Waals surface area contributed by atoms with Crippen LogP contribution in [0, 0.1) is 10.1 Å². The third-order valence-corrected chi connectivity index (χ3v) is 10.1. The lowest BCUT2D eigenvalue weighted by molar-refractivity contribution is -0.385. The van der Waals surface area contributed by atoms with Crippen molar-refractivity contribution in [1.29, 1.82) is 0 Å². The van der Waals surface area contributed by atoms with Gasteiger partial charge in [-0.25, -0.2) is 9.97 Å². The third-order valence-electron chi connectivity index (χ3n) is 7.70. The van der Waals surface area contributed by atoms with E-state index in [1.807, 2.05) is 0 Å². The SMILES string of the molecule is Nc1ccc(Oc2cccnc2C(F)(F)F)cc1C(=O)Nc1cc(Cl)c(Cl)c(Cl)c1.O=C(Nc1cc(Cl)c(Cl)c(Cl)c1)c1cc(Oc2cccnc2C(F)(F)F)ccc1[N+](=O)[O-]. The van der Waals surface area contributed by atoms with E-state index < -0.39 is 63.2 Å². The van der Waals surface area contributed by atoms with Gasteiger partial charge in [-0.15, -0.1) is 0 Å². The molecule has 0 spiro atoms. The Morgan fingerprint density at radius 2 is 1.00 bits per heavy atom. The molecule has 0 saturated heterocycles. The van der Waals surface area contributed by atoms with E-state index in [0.717, 1.165) is 42.7 Å². The number of amides is 2. The number of pyridine rings is 2. The van der Waals surface area contributed by atoms with Gasteiger partial charge in [-0.1, -0.05) is 69.6 Å². The summed E-state index contributed by atoms with van der Waals surface area (Å²) >= 11 is 35.4. The fourth-order valence-corrected chi connectivity index (χ4v) is 6.19. The van der Waals surface area contributed by atoms with Crippen LogP contribution in [0.5, 0.6) is 23.0 Å². The maximum absolute atomic E-state index is 13.1. The predicted molar refractivity (Wildman–Crippen MR) is 221 cm³/mol. The molecule has 0 unspecified atom stereocenters. The quantitative estimate of drug-likeness (QED) is 0.0419. The number of aromatic nitrogens is 2. The van der Waals surface area contributed by atoms with Crippen molar-refractivity contribution in [3.05, 3.63) is 160 Å². The number of carbonyl (C=O) groups excluding carboxylic acids is 2. The molecular formula is C38H20Cl6F6N6O6. The Kier molecular flexibility index (Phi) is 14.9. The highest BCUT2D eigenvalue weighted by Gasteiger charge is 2.37. The first-order valence-corrected chi connectivity index (χ1v) is 18.8. The highest BCUT2D eigenvalue weighted by molar-refractivity contribution is 6.49. The number of hydrogen-bond acceptors (Lipinski definition) is 9. The van der Waals surface area contributed by atoms with Crippen LogP contribution in [0.3, 0.4) is 0 Å². The minimum Gasteiger partial charge on any atom is -0.455 e. The fourth-order valence-electron chi connectivity index (χ4n) is 4.99. The van der Waals surface area contributed by atoms with Crippen molar-refractivity contribution in [3.63, 3.8) is 0 Å². The summed E-state index contributed by atoms with van der Waals surface area (Å²) in [6.45, 7) is 0. The smallest absolute Gasteiger partial charge is 0.437 e. The lowest BCUT2D eigenvalue weighted by atomic mass is 10.1. The lowest BCUT2D eigenvalue weighted by Gasteiger charge is -2.14. The van der Waals surface area contributed by atoms with E-state index in [2.05, 4.69) is 20.6 Å². The molecule has 2 aromatic heterocycles.